The Morgan fingerprint density at radius 2 is 2.04 bits per heavy atom. The molecule has 0 aliphatic carbocycles. The van der Waals surface area contributed by atoms with Gasteiger partial charge in [-0.15, -0.1) is 0 Å². The maximum Gasteiger partial charge on any atom is 0.225 e. The van der Waals surface area contributed by atoms with Crippen molar-refractivity contribution in [2.24, 2.45) is 0 Å². The SMILES string of the molecule is CCNc1nc(Nc2ccc(Br)cc2F)cc(-c2cccnc2)n1. The van der Waals surface area contributed by atoms with Gasteiger partial charge in [0, 0.05) is 35.0 Å². The molecule has 0 fully saturated rings. The zero-order valence-electron chi connectivity index (χ0n) is 12.9. The van der Waals surface area contributed by atoms with Crippen LogP contribution in [0.15, 0.2) is 53.3 Å². The van der Waals surface area contributed by atoms with Gasteiger partial charge in [0.2, 0.25) is 5.95 Å². The molecular weight excluding hydrogens is 373 g/mol. The Bertz CT molecular complexity index is 842. The van der Waals surface area contributed by atoms with Crippen molar-refractivity contribution in [1.29, 1.82) is 0 Å². The fourth-order valence-corrected chi connectivity index (χ4v) is 2.47. The first kappa shape index (κ1) is 16.3. The van der Waals surface area contributed by atoms with Gasteiger partial charge in [0.15, 0.2) is 0 Å². The molecule has 0 aliphatic rings. The molecule has 0 unspecified atom stereocenters. The van der Waals surface area contributed by atoms with E-state index in [1.165, 1.54) is 6.07 Å². The minimum atomic E-state index is -0.365. The molecule has 0 atom stereocenters. The Labute approximate surface area is 147 Å². The molecular formula is C17H15BrFN5. The van der Waals surface area contributed by atoms with E-state index in [0.717, 1.165) is 5.56 Å². The highest BCUT2D eigenvalue weighted by Crippen LogP contribution is 2.25. The van der Waals surface area contributed by atoms with Crippen molar-refractivity contribution in [3.8, 4) is 11.3 Å². The number of anilines is 3. The van der Waals surface area contributed by atoms with E-state index in [-0.39, 0.29) is 5.82 Å². The van der Waals surface area contributed by atoms with Gasteiger partial charge in [0.1, 0.15) is 11.6 Å². The molecule has 0 saturated heterocycles. The molecule has 0 radical (unpaired) electrons. The summed E-state index contributed by atoms with van der Waals surface area (Å²) in [6.45, 7) is 2.64. The molecule has 0 bridgehead atoms. The number of nitrogens with one attached hydrogen (secondary N) is 2. The fourth-order valence-electron chi connectivity index (χ4n) is 2.14. The third-order valence-electron chi connectivity index (χ3n) is 3.21. The third-order valence-corrected chi connectivity index (χ3v) is 3.71. The van der Waals surface area contributed by atoms with Crippen molar-refractivity contribution in [3.63, 3.8) is 0 Å². The number of halogens is 2. The number of benzene rings is 1. The maximum absolute atomic E-state index is 14.0. The monoisotopic (exact) mass is 387 g/mol. The van der Waals surface area contributed by atoms with E-state index in [1.807, 2.05) is 19.1 Å². The standard InChI is InChI=1S/C17H15BrFN5/c1-2-21-17-23-15(11-4-3-7-20-10-11)9-16(24-17)22-14-6-5-12(18)8-13(14)19/h3-10H,2H2,1H3,(H2,21,22,23,24). The summed E-state index contributed by atoms with van der Waals surface area (Å²) < 4.78 is 14.7. The summed E-state index contributed by atoms with van der Waals surface area (Å²) in [6.07, 6.45) is 3.42. The van der Waals surface area contributed by atoms with Gasteiger partial charge >= 0.3 is 0 Å². The van der Waals surface area contributed by atoms with Crippen LogP contribution in [0.3, 0.4) is 0 Å². The van der Waals surface area contributed by atoms with Crippen LogP contribution in [-0.4, -0.2) is 21.5 Å². The van der Waals surface area contributed by atoms with E-state index in [2.05, 4.69) is 41.5 Å². The summed E-state index contributed by atoms with van der Waals surface area (Å²) in [4.78, 5) is 13.0. The van der Waals surface area contributed by atoms with Gasteiger partial charge in [0.05, 0.1) is 11.4 Å². The number of nitrogens with zero attached hydrogens (tertiary/aromatic N) is 3. The van der Waals surface area contributed by atoms with Crippen LogP contribution in [0.5, 0.6) is 0 Å². The summed E-state index contributed by atoms with van der Waals surface area (Å²) in [6, 6.07) is 10.3. The quantitative estimate of drug-likeness (QED) is 0.668. The maximum atomic E-state index is 14.0. The number of hydrogen-bond acceptors (Lipinski definition) is 5. The second-order valence-corrected chi connectivity index (χ2v) is 5.90. The van der Waals surface area contributed by atoms with Gasteiger partial charge in [0.25, 0.3) is 0 Å². The van der Waals surface area contributed by atoms with Crippen molar-refractivity contribution in [2.45, 2.75) is 6.92 Å². The van der Waals surface area contributed by atoms with Crippen LogP contribution in [0.2, 0.25) is 0 Å². The molecule has 0 spiro atoms. The molecule has 3 aromatic rings. The van der Waals surface area contributed by atoms with Crippen molar-refractivity contribution >= 4 is 33.4 Å². The number of pyridine rings is 1. The lowest BCUT2D eigenvalue weighted by Crippen LogP contribution is -2.06. The number of rotatable bonds is 5. The highest BCUT2D eigenvalue weighted by atomic mass is 79.9. The number of hydrogen-bond donors (Lipinski definition) is 2. The highest BCUT2D eigenvalue weighted by molar-refractivity contribution is 9.10. The lowest BCUT2D eigenvalue weighted by atomic mass is 10.2. The largest absolute Gasteiger partial charge is 0.354 e. The highest BCUT2D eigenvalue weighted by Gasteiger charge is 2.09. The van der Waals surface area contributed by atoms with Gasteiger partial charge in [-0.05, 0) is 37.3 Å². The van der Waals surface area contributed by atoms with Crippen molar-refractivity contribution in [2.75, 3.05) is 17.2 Å². The Hall–Kier alpha value is -2.54. The zero-order chi connectivity index (χ0) is 16.9. The Kier molecular flexibility index (Phi) is 5.00. The lowest BCUT2D eigenvalue weighted by Gasteiger charge is -2.11. The normalized spacial score (nSPS) is 10.5. The second kappa shape index (κ2) is 7.35. The molecule has 7 heteroatoms. The van der Waals surface area contributed by atoms with Gasteiger partial charge in [-0.1, -0.05) is 15.9 Å². The summed E-state index contributed by atoms with van der Waals surface area (Å²) in [5.41, 5.74) is 1.91. The van der Waals surface area contributed by atoms with Crippen molar-refractivity contribution < 1.29 is 4.39 Å². The summed E-state index contributed by atoms with van der Waals surface area (Å²) in [5.74, 6) is 0.607. The molecule has 2 aromatic heterocycles. The molecule has 0 aliphatic heterocycles. The zero-order valence-corrected chi connectivity index (χ0v) is 14.5. The smallest absolute Gasteiger partial charge is 0.225 e. The minimum Gasteiger partial charge on any atom is -0.354 e. The topological polar surface area (TPSA) is 62.7 Å². The van der Waals surface area contributed by atoms with Gasteiger partial charge < -0.3 is 10.6 Å². The van der Waals surface area contributed by atoms with Crippen LogP contribution in [0.1, 0.15) is 6.92 Å². The van der Waals surface area contributed by atoms with Gasteiger partial charge in [-0.2, -0.15) is 4.98 Å². The molecule has 122 valence electrons. The van der Waals surface area contributed by atoms with E-state index < -0.39 is 0 Å². The van der Waals surface area contributed by atoms with Gasteiger partial charge in [-0.3, -0.25) is 4.98 Å². The second-order valence-electron chi connectivity index (χ2n) is 4.98. The fraction of sp³-hybridized carbons (Fsp3) is 0.118. The van der Waals surface area contributed by atoms with Crippen LogP contribution >= 0.6 is 15.9 Å². The lowest BCUT2D eigenvalue weighted by molar-refractivity contribution is 0.631. The average Bonchev–Trinajstić information content (AvgIpc) is 2.58. The Balaban J connectivity index is 1.99. The Morgan fingerprint density at radius 3 is 2.75 bits per heavy atom. The molecule has 24 heavy (non-hydrogen) atoms. The molecule has 2 N–H and O–H groups in total. The van der Waals surface area contributed by atoms with Gasteiger partial charge in [-0.25, -0.2) is 9.37 Å². The molecule has 1 aromatic carbocycles. The molecule has 0 amide bonds. The first-order valence-electron chi connectivity index (χ1n) is 7.41. The predicted octanol–water partition coefficient (Wildman–Crippen LogP) is 4.62. The first-order valence-corrected chi connectivity index (χ1v) is 8.20. The summed E-state index contributed by atoms with van der Waals surface area (Å²) >= 11 is 3.25. The van der Waals surface area contributed by atoms with Crippen LogP contribution in [0.25, 0.3) is 11.3 Å². The molecule has 5 nitrogen and oxygen atoms in total. The van der Waals surface area contributed by atoms with E-state index in [9.17, 15) is 4.39 Å². The van der Waals surface area contributed by atoms with E-state index in [4.69, 9.17) is 0 Å². The van der Waals surface area contributed by atoms with E-state index in [0.29, 0.717) is 34.2 Å². The minimum absolute atomic E-state index is 0.344. The van der Waals surface area contributed by atoms with E-state index in [1.54, 1.807) is 30.6 Å². The van der Waals surface area contributed by atoms with Crippen molar-refractivity contribution in [3.05, 3.63) is 59.1 Å². The average molecular weight is 388 g/mol. The predicted molar refractivity (Wildman–Crippen MR) is 96.8 cm³/mol. The van der Waals surface area contributed by atoms with Crippen LogP contribution in [0, 0.1) is 5.82 Å². The van der Waals surface area contributed by atoms with Crippen molar-refractivity contribution in [1.82, 2.24) is 15.0 Å². The number of aromatic nitrogens is 3. The summed E-state index contributed by atoms with van der Waals surface area (Å²) in [7, 11) is 0. The molecule has 2 heterocycles. The van der Waals surface area contributed by atoms with Crippen LogP contribution in [0.4, 0.5) is 21.8 Å². The molecule has 3 rings (SSSR count). The van der Waals surface area contributed by atoms with Crippen LogP contribution in [-0.2, 0) is 0 Å². The third kappa shape index (κ3) is 3.86. The molecule has 0 saturated carbocycles. The van der Waals surface area contributed by atoms with E-state index >= 15 is 0 Å². The Morgan fingerprint density at radius 1 is 1.17 bits per heavy atom. The summed E-state index contributed by atoms with van der Waals surface area (Å²) in [5, 5.41) is 6.08. The van der Waals surface area contributed by atoms with Crippen LogP contribution < -0.4 is 10.6 Å². The first-order chi connectivity index (χ1) is 11.7.